The SMILES string of the molecule is CCC(C)/C1=C/CC(F)/C=N\C(C)C(C(=O)NC2CN=CC(F)C2N2CCN3CCN(C)CC3C2)C(N)N1. The smallest absolute Gasteiger partial charge is 0.229 e. The third kappa shape index (κ3) is 6.78. The molecule has 2 saturated heterocycles. The van der Waals surface area contributed by atoms with E-state index in [0.29, 0.717) is 12.6 Å². The molecule has 4 heterocycles. The maximum Gasteiger partial charge on any atom is 0.229 e. The number of carbonyl (C=O) groups is 1. The van der Waals surface area contributed by atoms with Crippen molar-refractivity contribution in [2.45, 2.75) is 76.3 Å². The highest BCUT2D eigenvalue weighted by atomic mass is 19.1. The maximum absolute atomic E-state index is 15.4. The van der Waals surface area contributed by atoms with Crippen LogP contribution in [0, 0.1) is 11.8 Å². The van der Waals surface area contributed by atoms with Crippen LogP contribution >= 0.6 is 0 Å². The van der Waals surface area contributed by atoms with E-state index in [4.69, 9.17) is 5.73 Å². The van der Waals surface area contributed by atoms with Crippen LogP contribution in [0.5, 0.6) is 0 Å². The number of aliphatic imine (C=N–C) groups is 2. The average Bonchev–Trinajstić information content (AvgIpc) is 2.88. The Hall–Kier alpha value is -1.95. The molecule has 4 N–H and O–H groups in total. The van der Waals surface area contributed by atoms with Crippen molar-refractivity contribution in [1.82, 2.24) is 25.3 Å². The summed E-state index contributed by atoms with van der Waals surface area (Å²) in [5.41, 5.74) is 7.40. The molecule has 0 aromatic carbocycles. The third-order valence-electron chi connectivity index (χ3n) is 8.70. The Bertz CT molecular complexity index is 900. The van der Waals surface area contributed by atoms with Gasteiger partial charge in [-0.2, -0.15) is 0 Å². The molecular weight excluding hydrogens is 490 g/mol. The van der Waals surface area contributed by atoms with Gasteiger partial charge in [0.1, 0.15) is 6.17 Å². The van der Waals surface area contributed by atoms with Crippen LogP contribution in [0.15, 0.2) is 21.8 Å². The van der Waals surface area contributed by atoms with Crippen LogP contribution < -0.4 is 16.4 Å². The zero-order chi connectivity index (χ0) is 27.4. The van der Waals surface area contributed by atoms with Crippen molar-refractivity contribution >= 4 is 18.3 Å². The molecule has 0 saturated carbocycles. The predicted molar refractivity (Wildman–Crippen MR) is 148 cm³/mol. The number of carbonyl (C=O) groups excluding carboxylic acids is 1. The highest BCUT2D eigenvalue weighted by molar-refractivity contribution is 5.81. The van der Waals surface area contributed by atoms with Gasteiger partial charge in [-0.15, -0.1) is 0 Å². The molecule has 0 radical (unpaired) electrons. The Morgan fingerprint density at radius 1 is 1.21 bits per heavy atom. The highest BCUT2D eigenvalue weighted by Gasteiger charge is 2.43. The third-order valence-corrected chi connectivity index (χ3v) is 8.70. The summed E-state index contributed by atoms with van der Waals surface area (Å²) >= 11 is 0. The summed E-state index contributed by atoms with van der Waals surface area (Å²) in [7, 11) is 2.12. The minimum Gasteiger partial charge on any atom is -0.373 e. The van der Waals surface area contributed by atoms with Gasteiger partial charge in [0.15, 0.2) is 6.17 Å². The van der Waals surface area contributed by atoms with Crippen LogP contribution in [0.3, 0.4) is 0 Å². The van der Waals surface area contributed by atoms with Crippen LogP contribution in [0.2, 0.25) is 0 Å². The lowest BCUT2D eigenvalue weighted by Crippen LogP contribution is -2.68. The molecule has 9 atom stereocenters. The van der Waals surface area contributed by atoms with E-state index < -0.39 is 42.6 Å². The number of amides is 1. The molecule has 214 valence electrons. The number of likely N-dealkylation sites (N-methyl/N-ethyl adjacent to an activating group) is 1. The topological polar surface area (TPSA) is 102 Å². The number of piperazine rings is 2. The van der Waals surface area contributed by atoms with Crippen LogP contribution in [0.25, 0.3) is 0 Å². The molecule has 0 aromatic heterocycles. The molecule has 38 heavy (non-hydrogen) atoms. The minimum atomic E-state index is -1.28. The number of allylic oxidation sites excluding steroid dienone is 2. The van der Waals surface area contributed by atoms with Gasteiger partial charge in [-0.3, -0.25) is 24.6 Å². The van der Waals surface area contributed by atoms with E-state index in [2.05, 4.69) is 49.3 Å². The van der Waals surface area contributed by atoms with Gasteiger partial charge < -0.3 is 21.3 Å². The first-order valence-electron chi connectivity index (χ1n) is 14.2. The van der Waals surface area contributed by atoms with Crippen molar-refractivity contribution in [2.75, 3.05) is 52.9 Å². The van der Waals surface area contributed by atoms with E-state index in [-0.39, 0.29) is 18.2 Å². The Morgan fingerprint density at radius 3 is 2.71 bits per heavy atom. The Balaban J connectivity index is 1.51. The zero-order valence-corrected chi connectivity index (χ0v) is 23.3. The molecule has 4 rings (SSSR count). The summed E-state index contributed by atoms with van der Waals surface area (Å²) in [4.78, 5) is 29.3. The van der Waals surface area contributed by atoms with Crippen molar-refractivity contribution in [3.05, 3.63) is 11.8 Å². The van der Waals surface area contributed by atoms with Crippen molar-refractivity contribution in [3.8, 4) is 0 Å². The van der Waals surface area contributed by atoms with E-state index in [9.17, 15) is 9.18 Å². The molecule has 4 aliphatic rings. The zero-order valence-electron chi connectivity index (χ0n) is 23.3. The molecule has 4 aliphatic heterocycles. The fourth-order valence-electron chi connectivity index (χ4n) is 6.17. The summed E-state index contributed by atoms with van der Waals surface area (Å²) in [6.45, 7) is 11.6. The van der Waals surface area contributed by atoms with Gasteiger partial charge in [0, 0.05) is 69.9 Å². The summed E-state index contributed by atoms with van der Waals surface area (Å²) in [5.74, 6) is -0.938. The fourth-order valence-corrected chi connectivity index (χ4v) is 6.17. The molecule has 2 fully saturated rings. The summed E-state index contributed by atoms with van der Waals surface area (Å²) < 4.78 is 29.9. The summed E-state index contributed by atoms with van der Waals surface area (Å²) in [6.07, 6.45) is 2.28. The number of nitrogens with one attached hydrogen (secondary N) is 2. The quantitative estimate of drug-likeness (QED) is 0.481. The molecule has 0 bridgehead atoms. The first-order valence-corrected chi connectivity index (χ1v) is 14.2. The first kappa shape index (κ1) is 29.0. The largest absolute Gasteiger partial charge is 0.373 e. The van der Waals surface area contributed by atoms with Gasteiger partial charge >= 0.3 is 0 Å². The van der Waals surface area contributed by atoms with E-state index in [1.54, 1.807) is 6.92 Å². The average molecular weight is 537 g/mol. The Kier molecular flexibility index (Phi) is 9.89. The lowest BCUT2D eigenvalue weighted by molar-refractivity contribution is -0.128. The Morgan fingerprint density at radius 2 is 1.95 bits per heavy atom. The van der Waals surface area contributed by atoms with Crippen molar-refractivity contribution in [3.63, 3.8) is 0 Å². The van der Waals surface area contributed by atoms with E-state index in [1.807, 2.05) is 13.0 Å². The fraction of sp³-hybridized carbons (Fsp3) is 0.815. The van der Waals surface area contributed by atoms with Gasteiger partial charge in [0.05, 0.1) is 36.8 Å². The van der Waals surface area contributed by atoms with Gasteiger partial charge in [-0.1, -0.05) is 19.9 Å². The number of nitrogens with zero attached hydrogens (tertiary/aromatic N) is 5. The standard InChI is InChI=1S/C27H46F2N8O/c1-5-17(2)22-7-6-19(28)12-32-18(3)24(26(30)33-22)27(38)34-23-14-31-13-21(29)25(23)37-11-10-36-9-8-35(4)15-20(36)16-37/h7,12-13,17-21,23-26,33H,5-6,8-11,14-16,30H2,1-4H3,(H,34,38)/b22-7-,32-12-. The molecule has 1 amide bonds. The molecule has 9 unspecified atom stereocenters. The predicted octanol–water partition coefficient (Wildman–Crippen LogP) is 0.816. The number of halogens is 2. The van der Waals surface area contributed by atoms with Crippen molar-refractivity contribution < 1.29 is 13.6 Å². The molecule has 11 heteroatoms. The lowest BCUT2D eigenvalue weighted by atomic mass is 9.92. The minimum absolute atomic E-state index is 0.144. The second-order valence-corrected chi connectivity index (χ2v) is 11.5. The second-order valence-electron chi connectivity index (χ2n) is 11.5. The van der Waals surface area contributed by atoms with Gasteiger partial charge in [0.25, 0.3) is 0 Å². The van der Waals surface area contributed by atoms with Gasteiger partial charge in [0.2, 0.25) is 5.91 Å². The van der Waals surface area contributed by atoms with Gasteiger partial charge in [-0.25, -0.2) is 8.78 Å². The molecule has 0 spiro atoms. The van der Waals surface area contributed by atoms with Crippen LogP contribution in [0.1, 0.15) is 33.6 Å². The lowest BCUT2D eigenvalue weighted by Gasteiger charge is -2.50. The molecule has 0 aromatic rings. The van der Waals surface area contributed by atoms with Crippen molar-refractivity contribution in [2.24, 2.45) is 27.6 Å². The summed E-state index contributed by atoms with van der Waals surface area (Å²) in [6, 6.07) is -1.21. The van der Waals surface area contributed by atoms with Crippen molar-refractivity contribution in [1.29, 1.82) is 0 Å². The molecule has 9 nitrogen and oxygen atoms in total. The number of fused-ring (bicyclic) bond motifs is 1. The van der Waals surface area contributed by atoms with E-state index >= 15 is 4.39 Å². The number of alkyl halides is 2. The second kappa shape index (κ2) is 12.9. The maximum atomic E-state index is 15.4. The molecule has 0 aliphatic carbocycles. The number of rotatable bonds is 5. The van der Waals surface area contributed by atoms with Crippen LogP contribution in [-0.2, 0) is 4.79 Å². The Labute approximate surface area is 226 Å². The number of hydrogen-bond donors (Lipinski definition) is 3. The monoisotopic (exact) mass is 536 g/mol. The normalized spacial score (nSPS) is 40.8. The molecular formula is C27H46F2N8O. The van der Waals surface area contributed by atoms with E-state index in [0.717, 1.165) is 51.4 Å². The highest BCUT2D eigenvalue weighted by Crippen LogP contribution is 2.24. The van der Waals surface area contributed by atoms with E-state index in [1.165, 1.54) is 12.4 Å². The van der Waals surface area contributed by atoms with Crippen LogP contribution in [-0.4, -0.2) is 129 Å². The number of hydrogen-bond acceptors (Lipinski definition) is 8. The first-order chi connectivity index (χ1) is 18.2. The summed E-state index contributed by atoms with van der Waals surface area (Å²) in [5, 5.41) is 6.38. The number of nitrogens with two attached hydrogens (primary N) is 1. The van der Waals surface area contributed by atoms with Gasteiger partial charge in [-0.05, 0) is 26.3 Å². The van der Waals surface area contributed by atoms with Crippen LogP contribution in [0.4, 0.5) is 8.78 Å².